The van der Waals surface area contributed by atoms with Crippen LogP contribution in [-0.2, 0) is 38.8 Å². The molecule has 5 atom stereocenters. The second kappa shape index (κ2) is 20.7. The van der Waals surface area contributed by atoms with Crippen LogP contribution in [0.3, 0.4) is 0 Å². The number of ether oxygens (including phenoxy) is 4. The first-order valence-corrected chi connectivity index (χ1v) is 20.3. The Kier molecular flexibility index (Phi) is 15.2. The predicted octanol–water partition coefficient (Wildman–Crippen LogP) is 1.69. The summed E-state index contributed by atoms with van der Waals surface area (Å²) in [7, 11) is 1.65. The Morgan fingerprint density at radius 2 is 1.70 bits per heavy atom. The number of aliphatic hydroxyl groups excluding tert-OH is 3. The van der Waals surface area contributed by atoms with Gasteiger partial charge in [-0.1, -0.05) is 38.0 Å². The average Bonchev–Trinajstić information content (AvgIpc) is 3.65. The molecule has 2 aliphatic rings. The van der Waals surface area contributed by atoms with Crippen molar-refractivity contribution in [2.45, 2.75) is 83.0 Å². The fourth-order valence-corrected chi connectivity index (χ4v) is 7.23. The fraction of sp³-hybridized carbons (Fsp3) is 0.488. The third kappa shape index (κ3) is 11.1. The number of hydrogen-bond acceptors (Lipinski definition) is 16. The number of fused-ring (bicyclic) bond motifs is 1. The van der Waals surface area contributed by atoms with Gasteiger partial charge in [-0.25, -0.2) is 14.6 Å². The molecular formula is C41H55N9O11. The number of aliphatic carboxylic acids is 1. The number of benzene rings is 2. The Morgan fingerprint density at radius 1 is 0.934 bits per heavy atom. The number of aliphatic hydroxyl groups is 3. The summed E-state index contributed by atoms with van der Waals surface area (Å²) in [6, 6.07) is 12.5. The molecule has 2 aromatic carbocycles. The number of nitrogens with two attached hydrogens (primary N) is 2. The SMILES string of the molecule is CCCCCNc1nc(N)nc2ccn(Cc3ccc(CN4CCN(C(=O)OCc5ccc(OC6O[C@@H](C(=O)O)[C@@H](O)[C@@H](O)[C@H]6O)c(NC(=O)CCN)c5)CC4)cc3OC)c12. The molecule has 1 unspecified atom stereocenters. The van der Waals surface area contributed by atoms with Crippen molar-refractivity contribution in [1.29, 1.82) is 0 Å². The van der Waals surface area contributed by atoms with Crippen LogP contribution < -0.4 is 31.6 Å². The van der Waals surface area contributed by atoms with Gasteiger partial charge < -0.3 is 70.9 Å². The Hall–Kier alpha value is -5.77. The van der Waals surface area contributed by atoms with Crippen LogP contribution in [0, 0.1) is 0 Å². The lowest BCUT2D eigenvalue weighted by molar-refractivity contribution is -0.271. The highest BCUT2D eigenvalue weighted by atomic mass is 16.7. The van der Waals surface area contributed by atoms with E-state index in [-0.39, 0.29) is 37.0 Å². The lowest BCUT2D eigenvalue weighted by Crippen LogP contribution is -2.61. The number of hydrogen-bond donors (Lipinski definition) is 8. The van der Waals surface area contributed by atoms with E-state index in [1.54, 1.807) is 18.1 Å². The van der Waals surface area contributed by atoms with Crippen molar-refractivity contribution in [3.8, 4) is 11.5 Å². The van der Waals surface area contributed by atoms with Gasteiger partial charge in [0.1, 0.15) is 41.9 Å². The van der Waals surface area contributed by atoms with Gasteiger partial charge in [0.25, 0.3) is 0 Å². The number of piperazine rings is 1. The van der Waals surface area contributed by atoms with Crippen LogP contribution in [0.5, 0.6) is 11.5 Å². The molecule has 10 N–H and O–H groups in total. The Balaban J connectivity index is 1.03. The van der Waals surface area contributed by atoms with Crippen LogP contribution in [0.1, 0.15) is 49.3 Å². The molecule has 0 radical (unpaired) electrons. The quantitative estimate of drug-likeness (QED) is 0.0661. The van der Waals surface area contributed by atoms with E-state index in [0.717, 1.165) is 53.7 Å². The highest BCUT2D eigenvalue weighted by Crippen LogP contribution is 2.32. The maximum absolute atomic E-state index is 13.1. The molecule has 4 heterocycles. The van der Waals surface area contributed by atoms with E-state index in [1.807, 2.05) is 18.3 Å². The molecular weight excluding hydrogens is 795 g/mol. The van der Waals surface area contributed by atoms with Crippen LogP contribution >= 0.6 is 0 Å². The monoisotopic (exact) mass is 849 g/mol. The lowest BCUT2D eigenvalue weighted by Gasteiger charge is -2.38. The average molecular weight is 850 g/mol. The number of nitrogens with zero attached hydrogens (tertiary/aromatic N) is 5. The fourth-order valence-electron chi connectivity index (χ4n) is 7.23. The van der Waals surface area contributed by atoms with Gasteiger partial charge in [-0.2, -0.15) is 4.98 Å². The number of nitrogen functional groups attached to an aromatic ring is 1. The predicted molar refractivity (Wildman–Crippen MR) is 223 cm³/mol. The number of carbonyl (C=O) groups is 3. The van der Waals surface area contributed by atoms with E-state index in [4.69, 9.17) is 30.4 Å². The smallest absolute Gasteiger partial charge is 0.410 e. The minimum Gasteiger partial charge on any atom is -0.496 e. The van der Waals surface area contributed by atoms with Crippen molar-refractivity contribution < 1.29 is 53.8 Å². The third-order valence-electron chi connectivity index (χ3n) is 10.5. The van der Waals surface area contributed by atoms with Gasteiger partial charge in [0.05, 0.1) is 24.9 Å². The molecule has 2 aromatic heterocycles. The third-order valence-corrected chi connectivity index (χ3v) is 10.5. The lowest BCUT2D eigenvalue weighted by atomic mass is 9.99. The molecule has 4 aromatic rings. The molecule has 20 nitrogen and oxygen atoms in total. The Labute approximate surface area is 352 Å². The molecule has 2 saturated heterocycles. The van der Waals surface area contributed by atoms with Gasteiger partial charge in [-0.05, 0) is 41.8 Å². The summed E-state index contributed by atoms with van der Waals surface area (Å²) in [6.07, 6.45) is -4.51. The molecule has 0 bridgehead atoms. The second-order valence-corrected chi connectivity index (χ2v) is 15.0. The maximum Gasteiger partial charge on any atom is 0.410 e. The van der Waals surface area contributed by atoms with Crippen molar-refractivity contribution in [3.05, 3.63) is 65.4 Å². The molecule has 0 aliphatic carbocycles. The minimum atomic E-state index is -1.91. The van der Waals surface area contributed by atoms with Crippen LogP contribution in [0.15, 0.2) is 48.7 Å². The number of anilines is 3. The van der Waals surface area contributed by atoms with Crippen molar-refractivity contribution in [2.24, 2.45) is 5.73 Å². The highest BCUT2D eigenvalue weighted by molar-refractivity contribution is 5.92. The second-order valence-electron chi connectivity index (χ2n) is 15.0. The molecule has 2 amide bonds. The van der Waals surface area contributed by atoms with Gasteiger partial charge in [0, 0.05) is 64.0 Å². The Morgan fingerprint density at radius 3 is 2.43 bits per heavy atom. The van der Waals surface area contributed by atoms with E-state index >= 15 is 0 Å². The molecule has 6 rings (SSSR count). The molecule has 0 saturated carbocycles. The van der Waals surface area contributed by atoms with E-state index in [9.17, 15) is 34.8 Å². The van der Waals surface area contributed by atoms with E-state index in [2.05, 4.69) is 49.1 Å². The first-order valence-electron chi connectivity index (χ1n) is 20.3. The molecule has 330 valence electrons. The molecule has 2 fully saturated rings. The number of carboxylic acid groups (broad SMARTS) is 1. The summed E-state index contributed by atoms with van der Waals surface area (Å²) in [5, 5.41) is 46.1. The summed E-state index contributed by atoms with van der Waals surface area (Å²) < 4.78 is 24.5. The van der Waals surface area contributed by atoms with Gasteiger partial charge in [0.15, 0.2) is 11.9 Å². The van der Waals surface area contributed by atoms with Gasteiger partial charge in [-0.15, -0.1) is 0 Å². The Bertz CT molecular complexity index is 2150. The number of unbranched alkanes of at least 4 members (excludes halogenated alkanes) is 2. The number of carboxylic acids is 1. The normalized spacial score (nSPS) is 20.6. The van der Waals surface area contributed by atoms with Crippen LogP contribution in [0.25, 0.3) is 11.0 Å². The zero-order valence-corrected chi connectivity index (χ0v) is 34.2. The molecule has 20 heteroatoms. The van der Waals surface area contributed by atoms with Gasteiger partial charge in [0.2, 0.25) is 18.1 Å². The summed E-state index contributed by atoms with van der Waals surface area (Å²) >= 11 is 0. The van der Waals surface area contributed by atoms with E-state index < -0.39 is 48.7 Å². The van der Waals surface area contributed by atoms with Crippen LogP contribution in [-0.4, -0.2) is 140 Å². The standard InChI is InChI=1S/C41H55N9O11/c1-3-4-5-13-44-37-32-27(46-40(43)47-37)11-14-50(32)22-26-8-6-24(20-30(26)58-2)21-48-15-17-49(18-16-48)41(57)59-23-25-7-9-29(28(19-25)45-31(51)10-12-42)60-39-35(54)33(52)34(53)36(61-39)38(55)56/h6-9,11,14,19-20,33-36,39,52-54H,3-5,10,12-13,15-18,21-23,42H2,1-2H3,(H,45,51)(H,55,56)(H3,43,44,46,47)/t33-,34+,35-,36-,39?/m1/s1. The molecule has 2 aliphatic heterocycles. The van der Waals surface area contributed by atoms with Gasteiger partial charge in [-0.3, -0.25) is 9.69 Å². The number of carbonyl (C=O) groups excluding carboxylic acids is 2. The molecule has 0 spiro atoms. The zero-order valence-electron chi connectivity index (χ0n) is 34.2. The number of aromatic nitrogens is 3. The topological polar surface area (TPSA) is 282 Å². The summed E-state index contributed by atoms with van der Waals surface area (Å²) in [5.41, 5.74) is 15.8. The van der Waals surface area contributed by atoms with Crippen molar-refractivity contribution in [3.63, 3.8) is 0 Å². The van der Waals surface area contributed by atoms with Crippen LogP contribution in [0.4, 0.5) is 22.2 Å². The molecule has 61 heavy (non-hydrogen) atoms. The number of nitrogens with one attached hydrogen (secondary N) is 2. The first kappa shape index (κ1) is 44.8. The number of methoxy groups -OCH3 is 1. The van der Waals surface area contributed by atoms with Crippen LogP contribution in [0.2, 0.25) is 0 Å². The summed E-state index contributed by atoms with van der Waals surface area (Å²) in [5.74, 6) is -0.406. The maximum atomic E-state index is 13.1. The first-order chi connectivity index (χ1) is 29.4. The minimum absolute atomic E-state index is 0.0328. The number of rotatable bonds is 18. The highest BCUT2D eigenvalue weighted by Gasteiger charge is 2.48. The van der Waals surface area contributed by atoms with E-state index in [0.29, 0.717) is 50.6 Å². The summed E-state index contributed by atoms with van der Waals surface area (Å²) in [6.45, 7) is 6.13. The van der Waals surface area contributed by atoms with Crippen molar-refractivity contribution in [1.82, 2.24) is 24.3 Å². The van der Waals surface area contributed by atoms with Crippen molar-refractivity contribution >= 4 is 46.5 Å². The van der Waals surface area contributed by atoms with Crippen molar-refractivity contribution in [2.75, 3.05) is 62.7 Å². The van der Waals surface area contributed by atoms with Gasteiger partial charge >= 0.3 is 12.1 Å². The largest absolute Gasteiger partial charge is 0.496 e. The summed E-state index contributed by atoms with van der Waals surface area (Å²) in [4.78, 5) is 50.0. The number of amides is 2. The van der Waals surface area contributed by atoms with E-state index in [1.165, 1.54) is 12.1 Å². The zero-order chi connectivity index (χ0) is 43.6.